The highest BCUT2D eigenvalue weighted by atomic mass is 32.2. The first kappa shape index (κ1) is 84.0. The molecule has 0 unspecified atom stereocenters. The van der Waals surface area contributed by atoms with Gasteiger partial charge >= 0.3 is 0 Å². The zero-order chi connectivity index (χ0) is 81.3. The van der Waals surface area contributed by atoms with Crippen LogP contribution in [-0.4, -0.2) is 75.6 Å². The standard InChI is InChI=1S/C28H39NO2.C23H21NO3S3.C17H19NO3S.C16H15NO2.C14H12/c1-5-20(6-2)15-22-10-12-26-25(17-22)19-24-11-9-23(16-21(7-3)8-4)18-27(24)29(26)14-13-28(30)31;25-30(26,27)12-6-5-11-24-18-8-2-4-10-21(18)29-23-14-17-13-16-7-1-3-9-20(16)28-22(17)15-19(23)24;19-22(20,21)12-6-5-11-18-16-9-3-1-7-14(16)13-15-8-2-4-10-17(15)18;18-16(19)9-10-17-14-7-3-1-5-12(14)11-13-6-2-4-8-15(13)17;1-2-6-12-10-14-8-4-3-7-13(14)9-11(12)5-1/h9-12,17-18,20-21H,5-8,13-16,19H2,1-4H3,(H,30,31);1-4,7-10,14-15H,5-6,11-13H2,(H,25,26,27);1-4,7-10H,5-6,11-13H2,(H,19,20,21);1-8H,9-11H2,(H,18,19);1-8H,9-10H2/p-4. The Kier molecular flexibility index (Phi) is 28.5. The number of rotatable bonds is 24. The highest BCUT2D eigenvalue weighted by Gasteiger charge is 2.30. The smallest absolute Gasteiger partial charge is 0.0945 e. The number of anilines is 8. The Balaban J connectivity index is 0.000000129. The average molecular weight is 1620 g/mol. The van der Waals surface area contributed by atoms with Gasteiger partial charge in [-0.05, 0) is 214 Å². The second kappa shape index (κ2) is 39.4. The molecule has 5 aliphatic heterocycles. The van der Waals surface area contributed by atoms with E-state index in [9.17, 15) is 45.7 Å². The molecule has 17 rings (SSSR count). The third-order valence-electron chi connectivity index (χ3n) is 23.0. The van der Waals surface area contributed by atoms with Gasteiger partial charge < -0.3 is 48.5 Å². The van der Waals surface area contributed by atoms with Gasteiger partial charge in [0, 0.05) is 135 Å². The fraction of sp³-hybridized carbons (Fsp3) is 0.306. The van der Waals surface area contributed by atoms with E-state index in [0.717, 1.165) is 85.7 Å². The molecular formula is C98H102N4O10S4-4. The molecule has 0 saturated heterocycles. The van der Waals surface area contributed by atoms with Gasteiger partial charge in [0.1, 0.15) is 0 Å². The minimum atomic E-state index is -4.16. The quantitative estimate of drug-likeness (QED) is 0.0407. The number of aliphatic carboxylic acids is 2. The summed E-state index contributed by atoms with van der Waals surface area (Å²) in [5.41, 5.74) is 28.2. The second-order valence-electron chi connectivity index (χ2n) is 30.8. The minimum Gasteiger partial charge on any atom is -0.748 e. The molecule has 18 heteroatoms. The first-order valence-corrected chi connectivity index (χ1v) is 45.7. The van der Waals surface area contributed by atoms with E-state index >= 15 is 0 Å². The minimum absolute atomic E-state index is 0.0304. The number of para-hydroxylation sites is 5. The first-order valence-electron chi connectivity index (χ1n) is 40.9. The molecule has 0 saturated carbocycles. The summed E-state index contributed by atoms with van der Waals surface area (Å²) in [6.07, 6.45) is 15.0. The van der Waals surface area contributed by atoms with Crippen molar-refractivity contribution in [2.24, 2.45) is 11.8 Å². The average Bonchev–Trinajstić information content (AvgIpc) is 0.762. The number of fused-ring (bicyclic) bond motifs is 12. The Hall–Kier alpha value is -9.92. The van der Waals surface area contributed by atoms with E-state index in [1.54, 1.807) is 11.8 Å². The van der Waals surface area contributed by atoms with Crippen LogP contribution in [0, 0.1) is 11.8 Å². The Morgan fingerprint density at radius 2 is 0.647 bits per heavy atom. The molecule has 1 aliphatic carbocycles. The summed E-state index contributed by atoms with van der Waals surface area (Å²) >= 11 is 3.60. The van der Waals surface area contributed by atoms with Crippen LogP contribution >= 0.6 is 23.5 Å². The number of unbranched alkanes of at least 4 members (excludes halogenated alkanes) is 2. The van der Waals surface area contributed by atoms with Crippen molar-refractivity contribution in [1.82, 2.24) is 0 Å². The molecule has 14 nitrogen and oxygen atoms in total. The molecule has 0 spiro atoms. The number of benzene rings is 11. The molecule has 0 bridgehead atoms. The highest BCUT2D eigenvalue weighted by Crippen LogP contribution is 2.53. The van der Waals surface area contributed by atoms with Crippen LogP contribution in [0.15, 0.2) is 262 Å². The van der Waals surface area contributed by atoms with E-state index in [1.807, 2.05) is 84.6 Å². The zero-order valence-corrected chi connectivity index (χ0v) is 70.0. The van der Waals surface area contributed by atoms with Gasteiger partial charge in [-0.25, -0.2) is 16.8 Å². The lowest BCUT2D eigenvalue weighted by molar-refractivity contribution is -0.306. The van der Waals surface area contributed by atoms with Crippen LogP contribution in [0.4, 0.5) is 45.5 Å². The number of carboxylic acids is 2. The number of carbonyl (C=O) groups excluding carboxylic acids is 2. The maximum Gasteiger partial charge on any atom is 0.0945 e. The van der Waals surface area contributed by atoms with Crippen LogP contribution < -0.4 is 29.8 Å². The van der Waals surface area contributed by atoms with E-state index in [4.69, 9.17) is 0 Å². The van der Waals surface area contributed by atoms with Gasteiger partial charge in [-0.3, -0.25) is 0 Å². The summed E-state index contributed by atoms with van der Waals surface area (Å²) in [6.45, 7) is 11.3. The largest absolute Gasteiger partial charge is 0.748 e. The molecule has 11 aromatic carbocycles. The van der Waals surface area contributed by atoms with Crippen molar-refractivity contribution >= 4 is 101 Å². The lowest BCUT2D eigenvalue weighted by Gasteiger charge is -2.34. The Labute approximate surface area is 694 Å². The van der Waals surface area contributed by atoms with Crippen LogP contribution in [-0.2, 0) is 81.2 Å². The lowest BCUT2D eigenvalue weighted by Crippen LogP contribution is -2.31. The topological polar surface area (TPSA) is 208 Å². The molecule has 0 amide bonds. The zero-order valence-electron chi connectivity index (χ0n) is 66.7. The maximum atomic E-state index is 11.3. The summed E-state index contributed by atoms with van der Waals surface area (Å²) < 4.78 is 65.0. The third kappa shape index (κ3) is 21.6. The molecule has 0 radical (unpaired) electrons. The van der Waals surface area contributed by atoms with E-state index < -0.39 is 32.2 Å². The molecule has 11 aromatic rings. The van der Waals surface area contributed by atoms with Gasteiger partial charge in [0.15, 0.2) is 0 Å². The summed E-state index contributed by atoms with van der Waals surface area (Å²) in [7, 11) is -8.28. The van der Waals surface area contributed by atoms with Crippen LogP contribution in [0.2, 0.25) is 0 Å². The molecule has 0 aromatic heterocycles. The fourth-order valence-electron chi connectivity index (χ4n) is 16.7. The van der Waals surface area contributed by atoms with Gasteiger partial charge in [-0.2, -0.15) is 0 Å². The SMILES string of the molecule is CCC(CC)Cc1ccc2c(c1)Cc1ccc(CC(CC)CC)cc1N2CCC(=O)[O-].O=C([O-])CCN1c2ccccc2Cc2ccccc21.O=S(=O)([O-])CCCCN1c2ccccc2Cc2ccccc21.O=S(=O)([O-])CCCCN1c2ccccc2Sc2cc3c(cc21)Sc1ccccc1C3.c1ccc2c(c1)Cc1ccccc1C2. The molecule has 116 heavy (non-hydrogen) atoms. The Bertz CT molecular complexity index is 5330. The Morgan fingerprint density at radius 1 is 0.310 bits per heavy atom. The fourth-order valence-corrected chi connectivity index (χ4v) is 20.1. The van der Waals surface area contributed by atoms with E-state index in [2.05, 4.69) is 217 Å². The summed E-state index contributed by atoms with van der Waals surface area (Å²) in [4.78, 5) is 35.8. The summed E-state index contributed by atoms with van der Waals surface area (Å²) in [6, 6.07) is 85.4. The van der Waals surface area contributed by atoms with Gasteiger partial charge in [0.25, 0.3) is 0 Å². The van der Waals surface area contributed by atoms with Crippen LogP contribution in [0.5, 0.6) is 0 Å². The normalized spacial score (nSPS) is 13.4. The van der Waals surface area contributed by atoms with Crippen molar-refractivity contribution < 1.29 is 45.7 Å². The van der Waals surface area contributed by atoms with Crippen molar-refractivity contribution in [1.29, 1.82) is 0 Å². The van der Waals surface area contributed by atoms with Gasteiger partial charge in [0.2, 0.25) is 0 Å². The lowest BCUT2D eigenvalue weighted by atomic mass is 9.86. The van der Waals surface area contributed by atoms with E-state index in [-0.39, 0.29) is 24.3 Å². The predicted octanol–water partition coefficient (Wildman–Crippen LogP) is 19.6. The molecule has 0 fully saturated rings. The molecule has 6 aliphatic rings. The van der Waals surface area contributed by atoms with Gasteiger partial charge in [-0.1, -0.05) is 253 Å². The van der Waals surface area contributed by atoms with Crippen molar-refractivity contribution in [2.45, 2.75) is 163 Å². The summed E-state index contributed by atoms with van der Waals surface area (Å²) in [5.74, 6) is -1.19. The summed E-state index contributed by atoms with van der Waals surface area (Å²) in [5, 5.41) is 22.0. The second-order valence-corrected chi connectivity index (χ2v) is 36.0. The maximum absolute atomic E-state index is 11.3. The van der Waals surface area contributed by atoms with Crippen LogP contribution in [0.1, 0.15) is 170 Å². The number of nitrogens with zero attached hydrogens (tertiary/aromatic N) is 4. The monoisotopic (exact) mass is 1620 g/mol. The highest BCUT2D eigenvalue weighted by molar-refractivity contribution is 8.00. The molecule has 602 valence electrons. The molecule has 0 atom stereocenters. The van der Waals surface area contributed by atoms with Crippen molar-refractivity contribution in [3.8, 4) is 0 Å². The first-order chi connectivity index (χ1) is 56.2. The van der Waals surface area contributed by atoms with E-state index in [0.29, 0.717) is 57.8 Å². The van der Waals surface area contributed by atoms with Gasteiger partial charge in [0.05, 0.1) is 31.6 Å². The molecule has 0 N–H and O–H groups in total. The molecule has 5 heterocycles. The number of carboxylic acid groups (broad SMARTS) is 2. The Morgan fingerprint density at radius 3 is 1.10 bits per heavy atom. The van der Waals surface area contributed by atoms with Gasteiger partial charge in [-0.15, -0.1) is 0 Å². The molecular weight excluding hydrogens is 1520 g/mol. The van der Waals surface area contributed by atoms with Crippen molar-refractivity contribution in [3.05, 3.63) is 321 Å². The van der Waals surface area contributed by atoms with Crippen LogP contribution in [0.3, 0.4) is 0 Å². The predicted molar refractivity (Wildman–Crippen MR) is 466 cm³/mol. The van der Waals surface area contributed by atoms with Crippen molar-refractivity contribution in [2.75, 3.05) is 57.3 Å². The third-order valence-corrected chi connectivity index (χ3v) is 26.9. The van der Waals surface area contributed by atoms with E-state index in [1.165, 1.54) is 140 Å². The number of hydrogen-bond acceptors (Lipinski definition) is 16. The van der Waals surface area contributed by atoms with Crippen molar-refractivity contribution in [3.63, 3.8) is 0 Å². The van der Waals surface area contributed by atoms with Crippen LogP contribution in [0.25, 0.3) is 0 Å². The number of carbonyl (C=O) groups is 2. The number of hydrogen-bond donors (Lipinski definition) is 0.